The van der Waals surface area contributed by atoms with Crippen LogP contribution in [0.5, 0.6) is 0 Å². The summed E-state index contributed by atoms with van der Waals surface area (Å²) in [6.07, 6.45) is 4.01. The van der Waals surface area contributed by atoms with Gasteiger partial charge in [0.25, 0.3) is 0 Å². The third-order valence-electron chi connectivity index (χ3n) is 3.69. The Morgan fingerprint density at radius 3 is 2.62 bits per heavy atom. The third-order valence-corrected chi connectivity index (χ3v) is 4.36. The van der Waals surface area contributed by atoms with Crippen molar-refractivity contribution < 1.29 is 0 Å². The van der Waals surface area contributed by atoms with E-state index in [4.69, 9.17) is 5.26 Å². The van der Waals surface area contributed by atoms with E-state index in [2.05, 4.69) is 40.0 Å². The van der Waals surface area contributed by atoms with Crippen molar-refractivity contribution in [2.45, 2.75) is 44.9 Å². The molecule has 24 heavy (non-hydrogen) atoms. The first-order valence-electron chi connectivity index (χ1n) is 8.30. The molecule has 0 bridgehead atoms. The lowest BCUT2D eigenvalue weighted by Crippen LogP contribution is -2.16. The van der Waals surface area contributed by atoms with E-state index in [0.29, 0.717) is 11.5 Å². The van der Waals surface area contributed by atoms with Gasteiger partial charge in [0.15, 0.2) is 5.16 Å². The van der Waals surface area contributed by atoms with Gasteiger partial charge in [-0.3, -0.25) is 0 Å². The molecule has 0 atom stereocenters. The quantitative estimate of drug-likeness (QED) is 0.559. The van der Waals surface area contributed by atoms with Gasteiger partial charge >= 0.3 is 0 Å². The Morgan fingerprint density at radius 1 is 1.25 bits per heavy atom. The third kappa shape index (κ3) is 5.36. The molecular formula is C18H25N5S. The molecule has 2 aromatic rings. The fraction of sp³-hybridized carbons (Fsp3) is 0.500. The lowest BCUT2D eigenvalue weighted by atomic mass is 10.1. The van der Waals surface area contributed by atoms with E-state index >= 15 is 0 Å². The van der Waals surface area contributed by atoms with E-state index in [1.165, 1.54) is 5.56 Å². The average Bonchev–Trinajstić information content (AvgIpc) is 2.96. The smallest absolute Gasteiger partial charge is 0.190 e. The maximum Gasteiger partial charge on any atom is 0.190 e. The number of rotatable bonds is 9. The predicted molar refractivity (Wildman–Crippen MR) is 97.8 cm³/mol. The normalized spacial score (nSPS) is 11.0. The van der Waals surface area contributed by atoms with E-state index < -0.39 is 0 Å². The standard InChI is InChI=1S/C18H25N5S/c1-14(2)13-23-17(21-22-18(23)24-3)5-4-10-20-12-16-8-6-15(11-19)7-9-16/h6-9,14,20H,4-5,10,12-13H2,1-3H3. The largest absolute Gasteiger partial charge is 0.313 e. The fourth-order valence-electron chi connectivity index (χ4n) is 2.50. The molecule has 0 aliphatic rings. The van der Waals surface area contributed by atoms with Crippen LogP contribution in [-0.4, -0.2) is 27.6 Å². The molecule has 1 aromatic carbocycles. The summed E-state index contributed by atoms with van der Waals surface area (Å²) in [6.45, 7) is 7.15. The summed E-state index contributed by atoms with van der Waals surface area (Å²) in [5.41, 5.74) is 1.90. The molecule has 0 unspecified atom stereocenters. The van der Waals surface area contributed by atoms with Crippen LogP contribution in [0.2, 0.25) is 0 Å². The predicted octanol–water partition coefficient (Wildman–Crippen LogP) is 3.25. The molecule has 0 radical (unpaired) electrons. The van der Waals surface area contributed by atoms with Crippen molar-refractivity contribution in [1.82, 2.24) is 20.1 Å². The van der Waals surface area contributed by atoms with Crippen molar-refractivity contribution in [2.24, 2.45) is 5.92 Å². The van der Waals surface area contributed by atoms with Gasteiger partial charge in [-0.05, 0) is 42.8 Å². The van der Waals surface area contributed by atoms with Gasteiger partial charge in [-0.1, -0.05) is 37.7 Å². The van der Waals surface area contributed by atoms with Crippen molar-refractivity contribution >= 4 is 11.8 Å². The number of hydrogen-bond donors (Lipinski definition) is 1. The molecule has 5 nitrogen and oxygen atoms in total. The number of aromatic nitrogens is 3. The van der Waals surface area contributed by atoms with Crippen molar-refractivity contribution in [1.29, 1.82) is 5.26 Å². The van der Waals surface area contributed by atoms with Crippen LogP contribution in [0.15, 0.2) is 29.4 Å². The summed E-state index contributed by atoms with van der Waals surface area (Å²) in [5.74, 6) is 1.66. The van der Waals surface area contributed by atoms with Crippen molar-refractivity contribution in [3.8, 4) is 6.07 Å². The van der Waals surface area contributed by atoms with Gasteiger partial charge in [-0.15, -0.1) is 10.2 Å². The molecule has 2 rings (SSSR count). The summed E-state index contributed by atoms with van der Waals surface area (Å²) in [4.78, 5) is 0. The van der Waals surface area contributed by atoms with E-state index in [1.807, 2.05) is 30.5 Å². The summed E-state index contributed by atoms with van der Waals surface area (Å²) in [5, 5.41) is 21.9. The highest BCUT2D eigenvalue weighted by Crippen LogP contribution is 2.16. The lowest BCUT2D eigenvalue weighted by molar-refractivity contribution is 0.475. The maximum atomic E-state index is 8.80. The van der Waals surface area contributed by atoms with Gasteiger partial charge in [0.05, 0.1) is 11.6 Å². The van der Waals surface area contributed by atoms with Crippen molar-refractivity contribution in [2.75, 3.05) is 12.8 Å². The number of thioether (sulfide) groups is 1. The van der Waals surface area contributed by atoms with Gasteiger partial charge in [0.2, 0.25) is 0 Å². The molecule has 128 valence electrons. The minimum absolute atomic E-state index is 0.583. The molecule has 0 saturated heterocycles. The molecule has 0 aliphatic carbocycles. The molecule has 1 heterocycles. The van der Waals surface area contributed by atoms with Crippen LogP contribution in [0.3, 0.4) is 0 Å². The Labute approximate surface area is 148 Å². The number of nitrogens with zero attached hydrogens (tertiary/aromatic N) is 4. The molecule has 1 N–H and O–H groups in total. The van der Waals surface area contributed by atoms with Crippen LogP contribution in [-0.2, 0) is 19.5 Å². The summed E-state index contributed by atoms with van der Waals surface area (Å²) in [6, 6.07) is 9.84. The number of benzene rings is 1. The highest BCUT2D eigenvalue weighted by atomic mass is 32.2. The Kier molecular flexibility index (Phi) is 7.29. The first kappa shape index (κ1) is 18.5. The van der Waals surface area contributed by atoms with Gasteiger partial charge in [0, 0.05) is 19.5 Å². The van der Waals surface area contributed by atoms with Crippen LogP contribution in [0.1, 0.15) is 37.2 Å². The Balaban J connectivity index is 1.77. The molecule has 6 heteroatoms. The second kappa shape index (κ2) is 9.45. The van der Waals surface area contributed by atoms with Crippen LogP contribution in [0.4, 0.5) is 0 Å². The zero-order valence-corrected chi connectivity index (χ0v) is 15.4. The molecule has 0 fully saturated rings. The number of hydrogen-bond acceptors (Lipinski definition) is 5. The number of aryl methyl sites for hydroxylation is 1. The topological polar surface area (TPSA) is 66.5 Å². The molecular weight excluding hydrogens is 318 g/mol. The molecule has 0 amide bonds. The van der Waals surface area contributed by atoms with Crippen LogP contribution in [0, 0.1) is 17.2 Å². The highest BCUT2D eigenvalue weighted by Gasteiger charge is 2.12. The first-order chi connectivity index (χ1) is 11.6. The summed E-state index contributed by atoms with van der Waals surface area (Å²) < 4.78 is 2.25. The second-order valence-corrected chi connectivity index (χ2v) is 6.97. The van der Waals surface area contributed by atoms with Gasteiger partial charge < -0.3 is 9.88 Å². The van der Waals surface area contributed by atoms with Crippen molar-refractivity contribution in [3.63, 3.8) is 0 Å². The Morgan fingerprint density at radius 2 is 2.00 bits per heavy atom. The average molecular weight is 344 g/mol. The van der Waals surface area contributed by atoms with Crippen LogP contribution in [0.25, 0.3) is 0 Å². The highest BCUT2D eigenvalue weighted by molar-refractivity contribution is 7.98. The first-order valence-corrected chi connectivity index (χ1v) is 9.52. The van der Waals surface area contributed by atoms with Crippen LogP contribution < -0.4 is 5.32 Å². The minimum Gasteiger partial charge on any atom is -0.313 e. The van der Waals surface area contributed by atoms with Gasteiger partial charge in [-0.25, -0.2) is 0 Å². The van der Waals surface area contributed by atoms with Gasteiger partial charge in [-0.2, -0.15) is 5.26 Å². The zero-order chi connectivity index (χ0) is 17.4. The van der Waals surface area contributed by atoms with E-state index in [0.717, 1.165) is 43.5 Å². The Bertz CT molecular complexity index is 670. The van der Waals surface area contributed by atoms with Crippen molar-refractivity contribution in [3.05, 3.63) is 41.2 Å². The molecule has 0 aliphatic heterocycles. The monoisotopic (exact) mass is 343 g/mol. The van der Waals surface area contributed by atoms with Gasteiger partial charge in [0.1, 0.15) is 5.82 Å². The van der Waals surface area contributed by atoms with E-state index in [-0.39, 0.29) is 0 Å². The fourth-order valence-corrected chi connectivity index (χ4v) is 3.03. The second-order valence-electron chi connectivity index (χ2n) is 6.20. The summed E-state index contributed by atoms with van der Waals surface area (Å²) in [7, 11) is 0. The number of nitriles is 1. The zero-order valence-electron chi connectivity index (χ0n) is 14.6. The van der Waals surface area contributed by atoms with E-state index in [1.54, 1.807) is 11.8 Å². The molecule has 0 spiro atoms. The lowest BCUT2D eigenvalue weighted by Gasteiger charge is -2.11. The Hall–Kier alpha value is -1.84. The summed E-state index contributed by atoms with van der Waals surface area (Å²) >= 11 is 1.65. The molecule has 0 saturated carbocycles. The van der Waals surface area contributed by atoms with Crippen LogP contribution >= 0.6 is 11.8 Å². The maximum absolute atomic E-state index is 8.80. The SMILES string of the molecule is CSc1nnc(CCCNCc2ccc(C#N)cc2)n1CC(C)C. The van der Waals surface area contributed by atoms with E-state index in [9.17, 15) is 0 Å². The number of nitrogens with one attached hydrogen (secondary N) is 1. The molecule has 1 aromatic heterocycles. The minimum atomic E-state index is 0.583.